The molecule has 0 unspecified atom stereocenters. The lowest BCUT2D eigenvalue weighted by molar-refractivity contribution is -0.140. The third-order valence-corrected chi connectivity index (χ3v) is 10.4. The highest BCUT2D eigenvalue weighted by Gasteiger charge is 2.65. The maximum Gasteiger partial charge on any atom is 0.233 e. The number of amides is 2. The van der Waals surface area contributed by atoms with E-state index < -0.39 is 35.0 Å². The first-order valence-electron chi connectivity index (χ1n) is 15.7. The summed E-state index contributed by atoms with van der Waals surface area (Å²) in [6, 6.07) is 23.8. The number of hydrogen-bond acceptors (Lipinski definition) is 6. The van der Waals surface area contributed by atoms with Crippen LogP contribution in [0.4, 0.5) is 0 Å². The van der Waals surface area contributed by atoms with E-state index in [-0.39, 0.29) is 41.3 Å². The van der Waals surface area contributed by atoms with Crippen molar-refractivity contribution in [2.45, 2.75) is 38.0 Å². The number of Topliss-reactive ketones (excluding diaryl/α,β-unsaturated/α-hetero) is 1. The number of nitrogens with zero attached hydrogens (tertiary/aromatic N) is 1. The number of rotatable bonds is 6. The normalized spacial score (nSPS) is 29.0. The number of ketones is 2. The predicted molar refractivity (Wildman–Crippen MR) is 168 cm³/mol. The molecule has 1 heterocycles. The third-order valence-electron chi connectivity index (χ3n) is 10.4. The van der Waals surface area contributed by atoms with Crippen molar-refractivity contribution in [1.29, 1.82) is 0 Å². The minimum atomic E-state index is -1.32. The van der Waals surface area contributed by atoms with Crippen LogP contribution in [0.15, 0.2) is 96.6 Å². The second-order valence-corrected chi connectivity index (χ2v) is 12.4. The molecule has 0 radical (unpaired) electrons. The lowest BCUT2D eigenvalue weighted by atomic mass is 9.44. The Labute approximate surface area is 262 Å². The molecule has 7 heteroatoms. The maximum atomic E-state index is 15.0. The van der Waals surface area contributed by atoms with Crippen molar-refractivity contribution in [2.75, 3.05) is 13.2 Å². The molecule has 1 saturated carbocycles. The molecule has 1 saturated heterocycles. The average Bonchev–Trinajstić information content (AvgIpc) is 3.32. The molecule has 2 amide bonds. The molecule has 228 valence electrons. The van der Waals surface area contributed by atoms with Gasteiger partial charge in [-0.15, -0.1) is 0 Å². The first kappa shape index (κ1) is 29.0. The number of ether oxygens (including phenoxy) is 1. The SMILES string of the molecule is CCOc1cc([C@H]2C3=CC[C@@H]4C(=O)N(CC)C(=O)[C@@H]4[C@@H]3C[C@H]3C(=O)C(c4ccccc4)=CC(=O)[C@@]23c2ccccc2)ccc1O. The van der Waals surface area contributed by atoms with Crippen LogP contribution in [0, 0.1) is 23.7 Å². The van der Waals surface area contributed by atoms with E-state index in [1.807, 2.05) is 73.7 Å². The highest BCUT2D eigenvalue weighted by Crippen LogP contribution is 2.63. The number of fused-ring (bicyclic) bond motifs is 4. The molecule has 3 aromatic carbocycles. The summed E-state index contributed by atoms with van der Waals surface area (Å²) >= 11 is 0. The van der Waals surface area contributed by atoms with Gasteiger partial charge in [-0.2, -0.15) is 0 Å². The number of likely N-dealkylation sites (tertiary alicyclic amines) is 1. The zero-order valence-electron chi connectivity index (χ0n) is 25.3. The zero-order valence-corrected chi connectivity index (χ0v) is 25.3. The molecule has 3 aromatic rings. The van der Waals surface area contributed by atoms with E-state index in [9.17, 15) is 24.3 Å². The summed E-state index contributed by atoms with van der Waals surface area (Å²) in [4.78, 5) is 58.4. The summed E-state index contributed by atoms with van der Waals surface area (Å²) in [6.07, 6.45) is 4.20. The Bertz CT molecular complexity index is 1780. The summed E-state index contributed by atoms with van der Waals surface area (Å²) in [6.45, 7) is 4.25. The number of imide groups is 1. The van der Waals surface area contributed by atoms with Crippen molar-refractivity contribution < 1.29 is 29.0 Å². The van der Waals surface area contributed by atoms with E-state index in [1.165, 1.54) is 11.0 Å². The summed E-state index contributed by atoms with van der Waals surface area (Å²) in [5.74, 6) is -3.41. The Morgan fingerprint density at radius 3 is 2.29 bits per heavy atom. The number of allylic oxidation sites excluding steroid dienone is 4. The molecule has 7 rings (SSSR count). The second kappa shape index (κ2) is 11.0. The van der Waals surface area contributed by atoms with Crippen LogP contribution in [0.1, 0.15) is 49.3 Å². The minimum absolute atomic E-state index is 0.0246. The van der Waals surface area contributed by atoms with Crippen LogP contribution in [-0.2, 0) is 24.6 Å². The van der Waals surface area contributed by atoms with Crippen molar-refractivity contribution in [2.24, 2.45) is 23.7 Å². The Morgan fingerprint density at radius 1 is 0.889 bits per heavy atom. The fourth-order valence-corrected chi connectivity index (χ4v) is 8.61. The van der Waals surface area contributed by atoms with Crippen molar-refractivity contribution in [3.05, 3.63) is 113 Å². The molecule has 1 aliphatic heterocycles. The van der Waals surface area contributed by atoms with Gasteiger partial charge in [-0.05, 0) is 67.5 Å². The van der Waals surface area contributed by atoms with Crippen molar-refractivity contribution in [3.8, 4) is 11.5 Å². The van der Waals surface area contributed by atoms with Crippen LogP contribution >= 0.6 is 0 Å². The van der Waals surface area contributed by atoms with Gasteiger partial charge < -0.3 is 9.84 Å². The minimum Gasteiger partial charge on any atom is -0.504 e. The molecule has 6 atom stereocenters. The van der Waals surface area contributed by atoms with Crippen LogP contribution < -0.4 is 4.74 Å². The van der Waals surface area contributed by atoms with Crippen LogP contribution in [0.3, 0.4) is 0 Å². The van der Waals surface area contributed by atoms with E-state index in [1.54, 1.807) is 25.1 Å². The fraction of sp³-hybridized carbons (Fsp3) is 0.316. The quantitative estimate of drug-likeness (QED) is 0.290. The molecule has 0 aromatic heterocycles. The van der Waals surface area contributed by atoms with Crippen LogP contribution in [0.25, 0.3) is 5.57 Å². The molecule has 4 aliphatic rings. The van der Waals surface area contributed by atoms with Gasteiger partial charge in [0.2, 0.25) is 11.8 Å². The molecule has 0 bridgehead atoms. The predicted octanol–water partition coefficient (Wildman–Crippen LogP) is 5.64. The topological polar surface area (TPSA) is 101 Å². The van der Waals surface area contributed by atoms with E-state index in [0.717, 1.165) is 11.1 Å². The third kappa shape index (κ3) is 4.16. The Balaban J connectivity index is 1.52. The smallest absolute Gasteiger partial charge is 0.233 e. The summed E-state index contributed by atoms with van der Waals surface area (Å²) < 4.78 is 5.79. The van der Waals surface area contributed by atoms with Gasteiger partial charge in [0.25, 0.3) is 0 Å². The number of phenolic OH excluding ortho intramolecular Hbond substituents is 1. The average molecular weight is 602 g/mol. The first-order valence-corrected chi connectivity index (χ1v) is 15.7. The van der Waals surface area contributed by atoms with Gasteiger partial charge in [-0.3, -0.25) is 24.1 Å². The maximum absolute atomic E-state index is 15.0. The molecule has 0 spiro atoms. The van der Waals surface area contributed by atoms with Crippen LogP contribution in [-0.4, -0.2) is 46.5 Å². The fourth-order valence-electron chi connectivity index (χ4n) is 8.61. The van der Waals surface area contributed by atoms with Crippen molar-refractivity contribution >= 4 is 29.0 Å². The van der Waals surface area contributed by atoms with Gasteiger partial charge >= 0.3 is 0 Å². The molecule has 45 heavy (non-hydrogen) atoms. The van der Waals surface area contributed by atoms with Crippen LogP contribution in [0.5, 0.6) is 11.5 Å². The van der Waals surface area contributed by atoms with Gasteiger partial charge in [0.1, 0.15) is 0 Å². The molecule has 1 N–H and O–H groups in total. The largest absolute Gasteiger partial charge is 0.504 e. The molecule has 7 nitrogen and oxygen atoms in total. The highest BCUT2D eigenvalue weighted by molar-refractivity contribution is 6.31. The van der Waals surface area contributed by atoms with E-state index in [0.29, 0.717) is 36.3 Å². The second-order valence-electron chi connectivity index (χ2n) is 12.4. The van der Waals surface area contributed by atoms with Crippen molar-refractivity contribution in [1.82, 2.24) is 4.90 Å². The lowest BCUT2D eigenvalue weighted by Gasteiger charge is -2.55. The number of phenols is 1. The number of carbonyl (C=O) groups excluding carboxylic acids is 4. The zero-order chi connectivity index (χ0) is 31.5. The van der Waals surface area contributed by atoms with Gasteiger partial charge in [0, 0.05) is 24.0 Å². The lowest BCUT2D eigenvalue weighted by Crippen LogP contribution is -2.58. The summed E-state index contributed by atoms with van der Waals surface area (Å²) in [5, 5.41) is 10.7. The Morgan fingerprint density at radius 2 is 1.60 bits per heavy atom. The van der Waals surface area contributed by atoms with Crippen LogP contribution in [0.2, 0.25) is 0 Å². The summed E-state index contributed by atoms with van der Waals surface area (Å²) in [7, 11) is 0. The molecular formula is C38H35NO6. The number of aromatic hydroxyl groups is 1. The number of benzene rings is 3. The monoisotopic (exact) mass is 601 g/mol. The van der Waals surface area contributed by atoms with Gasteiger partial charge in [-0.1, -0.05) is 78.4 Å². The highest BCUT2D eigenvalue weighted by atomic mass is 16.5. The summed E-state index contributed by atoms with van der Waals surface area (Å²) in [5.41, 5.74) is 2.04. The molecular weight excluding hydrogens is 566 g/mol. The van der Waals surface area contributed by atoms with E-state index >= 15 is 0 Å². The van der Waals surface area contributed by atoms with E-state index in [4.69, 9.17) is 4.74 Å². The Kier molecular flexibility index (Phi) is 7.07. The van der Waals surface area contributed by atoms with E-state index in [2.05, 4.69) is 0 Å². The van der Waals surface area contributed by atoms with Crippen molar-refractivity contribution in [3.63, 3.8) is 0 Å². The Hall–Kier alpha value is -4.78. The molecule has 2 fully saturated rings. The first-order chi connectivity index (χ1) is 21.8. The standard InChI is InChI=1S/C38H35NO6/c1-3-39-36(43)26-17-16-25-28(33(26)37(39)44)20-29-35(42)27(22-11-7-5-8-12-22)21-32(41)38(29,24-13-9-6-10-14-24)34(25)23-15-18-30(40)31(19-23)45-4-2/h5-16,18-19,21,26,28-29,33-34,40H,3-4,17,20H2,1-2H3/t26-,28+,29-,33-,34-,38-/m0/s1. The number of carbonyl (C=O) groups is 4. The van der Waals surface area contributed by atoms with Gasteiger partial charge in [-0.25, -0.2) is 0 Å². The number of hydrogen-bond donors (Lipinski definition) is 1. The molecule has 3 aliphatic carbocycles. The van der Waals surface area contributed by atoms with Gasteiger partial charge in [0.05, 0.1) is 23.9 Å². The van der Waals surface area contributed by atoms with Gasteiger partial charge in [0.15, 0.2) is 23.1 Å².